The highest BCUT2D eigenvalue weighted by molar-refractivity contribution is 6.04. The summed E-state index contributed by atoms with van der Waals surface area (Å²) in [5.74, 6) is -0.235. The highest BCUT2D eigenvalue weighted by Crippen LogP contribution is 2.12. The molecule has 0 bridgehead atoms. The number of imidazole rings is 1. The molecule has 0 unspecified atom stereocenters. The Balaban J connectivity index is 2.47. The van der Waals surface area contributed by atoms with Gasteiger partial charge in [-0.1, -0.05) is 12.1 Å². The van der Waals surface area contributed by atoms with Crippen LogP contribution in [-0.2, 0) is 0 Å². The first-order valence-electron chi connectivity index (χ1n) is 4.82. The molecule has 0 aliphatic carbocycles. The first kappa shape index (κ1) is 10.2. The van der Waals surface area contributed by atoms with Crippen LogP contribution in [0.3, 0.4) is 0 Å². The van der Waals surface area contributed by atoms with Crippen molar-refractivity contribution in [3.63, 3.8) is 0 Å². The van der Waals surface area contributed by atoms with Crippen molar-refractivity contribution < 1.29 is 4.79 Å². The number of fused-ring (bicyclic) bond motifs is 1. The maximum absolute atomic E-state index is 11.7. The summed E-state index contributed by atoms with van der Waals surface area (Å²) >= 11 is 0. The first-order chi connectivity index (χ1) is 7.72. The zero-order chi connectivity index (χ0) is 11.5. The molecular weight excluding hydrogens is 206 g/mol. The molecule has 0 radical (unpaired) electrons. The molecule has 82 valence electrons. The molecule has 3 N–H and O–H groups in total. The first-order valence-corrected chi connectivity index (χ1v) is 4.82. The minimum Gasteiger partial charge on any atom is -0.349 e. The highest BCUT2D eigenvalue weighted by atomic mass is 16.2. The molecule has 0 aliphatic rings. The van der Waals surface area contributed by atoms with Crippen LogP contribution in [0.25, 0.3) is 11.0 Å². The van der Waals surface area contributed by atoms with Crippen LogP contribution in [0.4, 0.5) is 0 Å². The molecule has 1 aromatic carbocycles. The molecule has 0 atom stereocenters. The normalized spacial score (nSPS) is 10.2. The van der Waals surface area contributed by atoms with Crippen LogP contribution in [0.15, 0.2) is 35.6 Å². The number of amides is 1. The third kappa shape index (κ3) is 1.75. The second kappa shape index (κ2) is 4.06. The van der Waals surface area contributed by atoms with Gasteiger partial charge in [-0.25, -0.2) is 4.79 Å². The number of hydrogen-bond acceptors (Lipinski definition) is 2. The standard InChI is InChI=1S/C11H11N3O2/c1-2-6-12-10(15)7-4-3-5-8-9(7)14-11(16)13-8/h2-5H,1,6H2,(H,12,15)(H2,13,14,16). The van der Waals surface area contributed by atoms with Crippen LogP contribution in [0.2, 0.25) is 0 Å². The van der Waals surface area contributed by atoms with Gasteiger partial charge in [-0.15, -0.1) is 6.58 Å². The second-order valence-electron chi connectivity index (χ2n) is 3.31. The summed E-state index contributed by atoms with van der Waals surface area (Å²) in [5.41, 5.74) is 1.27. The van der Waals surface area contributed by atoms with Crippen molar-refractivity contribution in [2.24, 2.45) is 0 Å². The van der Waals surface area contributed by atoms with E-state index in [1.54, 1.807) is 24.3 Å². The smallest absolute Gasteiger partial charge is 0.323 e. The van der Waals surface area contributed by atoms with E-state index in [9.17, 15) is 9.59 Å². The summed E-state index contributed by atoms with van der Waals surface area (Å²) in [6.45, 7) is 3.91. The predicted molar refractivity (Wildman–Crippen MR) is 61.4 cm³/mol. The van der Waals surface area contributed by atoms with E-state index >= 15 is 0 Å². The molecule has 0 saturated heterocycles. The Labute approximate surface area is 91.2 Å². The maximum Gasteiger partial charge on any atom is 0.323 e. The Kier molecular flexibility index (Phi) is 2.59. The lowest BCUT2D eigenvalue weighted by Gasteiger charge is -2.02. The molecule has 16 heavy (non-hydrogen) atoms. The van der Waals surface area contributed by atoms with Crippen molar-refractivity contribution >= 4 is 16.9 Å². The van der Waals surface area contributed by atoms with Crippen LogP contribution in [0.1, 0.15) is 10.4 Å². The van der Waals surface area contributed by atoms with E-state index < -0.39 is 0 Å². The monoisotopic (exact) mass is 217 g/mol. The lowest BCUT2D eigenvalue weighted by atomic mass is 10.1. The topological polar surface area (TPSA) is 77.8 Å². The molecule has 1 heterocycles. The fraction of sp³-hybridized carbons (Fsp3) is 0.0909. The van der Waals surface area contributed by atoms with Crippen LogP contribution >= 0.6 is 0 Å². The van der Waals surface area contributed by atoms with Crippen LogP contribution in [0, 0.1) is 0 Å². The number of nitrogens with one attached hydrogen (secondary N) is 3. The number of hydrogen-bond donors (Lipinski definition) is 3. The van der Waals surface area contributed by atoms with Gasteiger partial charge in [0.05, 0.1) is 16.6 Å². The van der Waals surface area contributed by atoms with Gasteiger partial charge in [0.15, 0.2) is 0 Å². The SMILES string of the molecule is C=CCNC(=O)c1cccc2[nH]c(=O)[nH]c12. The summed E-state index contributed by atoms with van der Waals surface area (Å²) in [7, 11) is 0. The van der Waals surface area contributed by atoms with Crippen molar-refractivity contribution in [3.05, 3.63) is 46.9 Å². The lowest BCUT2D eigenvalue weighted by molar-refractivity contribution is 0.0959. The van der Waals surface area contributed by atoms with Crippen molar-refractivity contribution in [3.8, 4) is 0 Å². The largest absolute Gasteiger partial charge is 0.349 e. The number of para-hydroxylation sites is 1. The minimum atomic E-state index is -0.320. The summed E-state index contributed by atoms with van der Waals surface area (Å²) in [6.07, 6.45) is 1.60. The summed E-state index contributed by atoms with van der Waals surface area (Å²) in [4.78, 5) is 28.0. The van der Waals surface area contributed by atoms with Gasteiger partial charge in [-0.2, -0.15) is 0 Å². The number of carbonyl (C=O) groups is 1. The summed E-state index contributed by atoms with van der Waals surface area (Å²) in [6, 6.07) is 5.11. The molecule has 0 saturated carbocycles. The molecule has 5 nitrogen and oxygen atoms in total. The Bertz CT molecular complexity index is 595. The molecule has 0 aliphatic heterocycles. The summed E-state index contributed by atoms with van der Waals surface area (Å²) in [5, 5.41) is 2.66. The van der Waals surface area contributed by atoms with E-state index in [2.05, 4.69) is 21.9 Å². The van der Waals surface area contributed by atoms with Gasteiger partial charge in [0.1, 0.15) is 0 Å². The Morgan fingerprint density at radius 2 is 2.25 bits per heavy atom. The zero-order valence-corrected chi connectivity index (χ0v) is 8.54. The zero-order valence-electron chi connectivity index (χ0n) is 8.54. The second-order valence-corrected chi connectivity index (χ2v) is 3.31. The Morgan fingerprint density at radius 3 is 3.00 bits per heavy atom. The molecule has 1 amide bonds. The van der Waals surface area contributed by atoms with Crippen LogP contribution in [-0.4, -0.2) is 22.4 Å². The number of rotatable bonds is 3. The lowest BCUT2D eigenvalue weighted by Crippen LogP contribution is -2.23. The number of H-pyrrole nitrogens is 2. The molecular formula is C11H11N3O2. The molecule has 0 spiro atoms. The van der Waals surface area contributed by atoms with E-state index in [1.807, 2.05) is 0 Å². The molecule has 5 heteroatoms. The van der Waals surface area contributed by atoms with Crippen LogP contribution in [0.5, 0.6) is 0 Å². The number of carbonyl (C=O) groups excluding carboxylic acids is 1. The average molecular weight is 217 g/mol. The van der Waals surface area contributed by atoms with Gasteiger partial charge in [0.2, 0.25) is 0 Å². The number of benzene rings is 1. The van der Waals surface area contributed by atoms with Crippen molar-refractivity contribution in [2.45, 2.75) is 0 Å². The Hall–Kier alpha value is -2.30. The van der Waals surface area contributed by atoms with E-state index in [0.717, 1.165) is 0 Å². The maximum atomic E-state index is 11.7. The van der Waals surface area contributed by atoms with Crippen molar-refractivity contribution in [1.29, 1.82) is 0 Å². The number of aromatic nitrogens is 2. The van der Waals surface area contributed by atoms with Gasteiger partial charge in [-0.05, 0) is 12.1 Å². The molecule has 1 aromatic heterocycles. The minimum absolute atomic E-state index is 0.235. The third-order valence-electron chi connectivity index (χ3n) is 2.20. The van der Waals surface area contributed by atoms with Crippen molar-refractivity contribution in [2.75, 3.05) is 6.54 Å². The van der Waals surface area contributed by atoms with Gasteiger partial charge >= 0.3 is 5.69 Å². The van der Waals surface area contributed by atoms with Gasteiger partial charge in [-0.3, -0.25) is 4.79 Å². The number of aromatic amines is 2. The van der Waals surface area contributed by atoms with Crippen molar-refractivity contribution in [1.82, 2.24) is 15.3 Å². The van der Waals surface area contributed by atoms with E-state index in [4.69, 9.17) is 0 Å². The fourth-order valence-corrected chi connectivity index (χ4v) is 1.51. The van der Waals surface area contributed by atoms with E-state index in [-0.39, 0.29) is 11.6 Å². The van der Waals surface area contributed by atoms with Crippen LogP contribution < -0.4 is 11.0 Å². The molecule has 0 fully saturated rings. The summed E-state index contributed by atoms with van der Waals surface area (Å²) < 4.78 is 0. The molecule has 2 aromatic rings. The van der Waals surface area contributed by atoms with E-state index in [1.165, 1.54) is 0 Å². The van der Waals surface area contributed by atoms with Gasteiger partial charge in [0, 0.05) is 6.54 Å². The van der Waals surface area contributed by atoms with Gasteiger partial charge < -0.3 is 15.3 Å². The fourth-order valence-electron chi connectivity index (χ4n) is 1.51. The quantitative estimate of drug-likeness (QED) is 0.664. The van der Waals surface area contributed by atoms with Gasteiger partial charge in [0.25, 0.3) is 5.91 Å². The average Bonchev–Trinajstić information content (AvgIpc) is 2.65. The predicted octanol–water partition coefficient (Wildman–Crippen LogP) is 0.772. The third-order valence-corrected chi connectivity index (χ3v) is 2.20. The van der Waals surface area contributed by atoms with E-state index in [0.29, 0.717) is 23.1 Å². The molecule has 2 rings (SSSR count). The highest BCUT2D eigenvalue weighted by Gasteiger charge is 2.10. The Morgan fingerprint density at radius 1 is 1.44 bits per heavy atom.